The predicted molar refractivity (Wildman–Crippen MR) is 120 cm³/mol. The average Bonchev–Trinajstić information content (AvgIpc) is 2.67. The van der Waals surface area contributed by atoms with Crippen LogP contribution in [-0.4, -0.2) is 84.6 Å². The third-order valence-electron chi connectivity index (χ3n) is 4.41. The Morgan fingerprint density at radius 1 is 1.12 bits per heavy atom. The maximum Gasteiger partial charge on any atom is 0.225 e. The first-order valence-electron chi connectivity index (χ1n) is 9.56. The van der Waals surface area contributed by atoms with E-state index in [9.17, 15) is 0 Å². The molecular weight excluding hydrogens is 441 g/mol. The highest BCUT2D eigenvalue weighted by Gasteiger charge is 2.20. The minimum Gasteiger partial charge on any atom is -0.357 e. The summed E-state index contributed by atoms with van der Waals surface area (Å²) in [5.74, 6) is 1.85. The number of hydrogen-bond donors (Lipinski definition) is 1. The van der Waals surface area contributed by atoms with Gasteiger partial charge in [0.05, 0.1) is 6.54 Å². The number of halogens is 1. The standard InChI is InChI=1S/C18H33N7.HI/c1-4-11-23(6-3)12-10-22-17(19-5-2)24-13-15-25(16-14-24)18-20-8-7-9-21-18;/h7-9H,4-6,10-16H2,1-3H3,(H,19,22);1H. The van der Waals surface area contributed by atoms with Crippen molar-refractivity contribution in [2.75, 3.05) is 63.8 Å². The average molecular weight is 475 g/mol. The van der Waals surface area contributed by atoms with Crippen LogP contribution in [0.25, 0.3) is 0 Å². The smallest absolute Gasteiger partial charge is 0.225 e. The van der Waals surface area contributed by atoms with Crippen molar-refractivity contribution < 1.29 is 0 Å². The molecule has 7 nitrogen and oxygen atoms in total. The van der Waals surface area contributed by atoms with E-state index in [1.165, 1.54) is 6.42 Å². The molecule has 1 aliphatic heterocycles. The summed E-state index contributed by atoms with van der Waals surface area (Å²) in [6.07, 6.45) is 4.80. The van der Waals surface area contributed by atoms with E-state index in [0.29, 0.717) is 0 Å². The van der Waals surface area contributed by atoms with Crippen LogP contribution in [-0.2, 0) is 0 Å². The van der Waals surface area contributed by atoms with Gasteiger partial charge in [0, 0.05) is 51.7 Å². The van der Waals surface area contributed by atoms with Gasteiger partial charge in [-0.3, -0.25) is 4.99 Å². The molecule has 26 heavy (non-hydrogen) atoms. The predicted octanol–water partition coefficient (Wildman–Crippen LogP) is 1.91. The lowest BCUT2D eigenvalue weighted by molar-refractivity contribution is 0.296. The minimum atomic E-state index is 0. The molecule has 0 aromatic carbocycles. The van der Waals surface area contributed by atoms with Gasteiger partial charge < -0.3 is 20.0 Å². The largest absolute Gasteiger partial charge is 0.357 e. The molecule has 1 aromatic rings. The number of piperazine rings is 1. The fourth-order valence-corrected chi connectivity index (χ4v) is 3.04. The molecule has 0 bridgehead atoms. The van der Waals surface area contributed by atoms with E-state index in [2.05, 4.69) is 50.8 Å². The highest BCUT2D eigenvalue weighted by Crippen LogP contribution is 2.09. The van der Waals surface area contributed by atoms with E-state index >= 15 is 0 Å². The molecule has 0 spiro atoms. The third kappa shape index (κ3) is 7.22. The Balaban J connectivity index is 0.00000338. The van der Waals surface area contributed by atoms with Crippen LogP contribution in [0.5, 0.6) is 0 Å². The molecule has 2 heterocycles. The Labute approximate surface area is 175 Å². The van der Waals surface area contributed by atoms with Gasteiger partial charge in [-0.15, -0.1) is 24.0 Å². The molecule has 0 unspecified atom stereocenters. The van der Waals surface area contributed by atoms with Crippen molar-refractivity contribution in [1.29, 1.82) is 0 Å². The first-order valence-corrected chi connectivity index (χ1v) is 9.56. The van der Waals surface area contributed by atoms with E-state index in [1.807, 2.05) is 6.07 Å². The van der Waals surface area contributed by atoms with Gasteiger partial charge in [-0.05, 0) is 32.5 Å². The van der Waals surface area contributed by atoms with Crippen LogP contribution in [0, 0.1) is 0 Å². The maximum atomic E-state index is 4.84. The Bertz CT molecular complexity index is 504. The third-order valence-corrected chi connectivity index (χ3v) is 4.41. The highest BCUT2D eigenvalue weighted by molar-refractivity contribution is 14.0. The Morgan fingerprint density at radius 2 is 1.81 bits per heavy atom. The van der Waals surface area contributed by atoms with Crippen LogP contribution in [0.3, 0.4) is 0 Å². The Hall–Kier alpha value is -1.16. The van der Waals surface area contributed by atoms with Crippen LogP contribution in [0.1, 0.15) is 27.2 Å². The lowest BCUT2D eigenvalue weighted by Gasteiger charge is -2.36. The summed E-state index contributed by atoms with van der Waals surface area (Å²) in [7, 11) is 0. The summed E-state index contributed by atoms with van der Waals surface area (Å²) in [5, 5.41) is 3.44. The fourth-order valence-electron chi connectivity index (χ4n) is 3.04. The van der Waals surface area contributed by atoms with Crippen LogP contribution in [0.4, 0.5) is 5.95 Å². The molecule has 0 saturated carbocycles. The van der Waals surface area contributed by atoms with Crippen molar-refractivity contribution in [3.05, 3.63) is 18.5 Å². The molecule has 1 saturated heterocycles. The van der Waals surface area contributed by atoms with E-state index < -0.39 is 0 Å². The second-order valence-electron chi connectivity index (χ2n) is 6.19. The number of anilines is 1. The number of likely N-dealkylation sites (N-methyl/N-ethyl adjacent to an activating group) is 1. The molecule has 148 valence electrons. The summed E-state index contributed by atoms with van der Waals surface area (Å²) < 4.78 is 0. The van der Waals surface area contributed by atoms with Gasteiger partial charge in [0.2, 0.25) is 5.95 Å². The van der Waals surface area contributed by atoms with Crippen LogP contribution in [0.2, 0.25) is 0 Å². The Kier molecular flexibility index (Phi) is 11.5. The molecule has 0 radical (unpaired) electrons. The molecular formula is C18H34IN7. The topological polar surface area (TPSA) is 59.9 Å². The summed E-state index contributed by atoms with van der Waals surface area (Å²) in [5.41, 5.74) is 0. The number of aliphatic imine (C=N–C) groups is 1. The zero-order valence-corrected chi connectivity index (χ0v) is 18.7. The number of guanidine groups is 1. The van der Waals surface area contributed by atoms with Crippen LogP contribution in [0.15, 0.2) is 23.5 Å². The molecule has 0 atom stereocenters. The quantitative estimate of drug-likeness (QED) is 0.352. The van der Waals surface area contributed by atoms with Crippen molar-refractivity contribution >= 4 is 35.9 Å². The van der Waals surface area contributed by atoms with Crippen molar-refractivity contribution in [2.45, 2.75) is 27.2 Å². The van der Waals surface area contributed by atoms with Crippen molar-refractivity contribution in [1.82, 2.24) is 25.1 Å². The summed E-state index contributed by atoms with van der Waals surface area (Å²) in [4.78, 5) is 20.6. The van der Waals surface area contributed by atoms with E-state index in [4.69, 9.17) is 4.99 Å². The highest BCUT2D eigenvalue weighted by atomic mass is 127. The molecule has 0 amide bonds. The monoisotopic (exact) mass is 475 g/mol. The lowest BCUT2D eigenvalue weighted by atomic mass is 10.3. The number of nitrogens with one attached hydrogen (secondary N) is 1. The van der Waals surface area contributed by atoms with Crippen molar-refractivity contribution in [2.24, 2.45) is 4.99 Å². The van der Waals surface area contributed by atoms with Gasteiger partial charge in [0.25, 0.3) is 0 Å². The van der Waals surface area contributed by atoms with Crippen LogP contribution >= 0.6 is 24.0 Å². The lowest BCUT2D eigenvalue weighted by Crippen LogP contribution is -2.53. The minimum absolute atomic E-state index is 0. The number of hydrogen-bond acceptors (Lipinski definition) is 5. The molecule has 1 fully saturated rings. The number of aromatic nitrogens is 2. The zero-order chi connectivity index (χ0) is 17.9. The van der Waals surface area contributed by atoms with Gasteiger partial charge in [0.1, 0.15) is 0 Å². The molecule has 0 aliphatic carbocycles. The molecule has 1 aromatic heterocycles. The first kappa shape index (κ1) is 22.9. The van der Waals surface area contributed by atoms with Crippen LogP contribution < -0.4 is 10.2 Å². The van der Waals surface area contributed by atoms with Gasteiger partial charge in [0.15, 0.2) is 5.96 Å². The zero-order valence-electron chi connectivity index (χ0n) is 16.4. The summed E-state index contributed by atoms with van der Waals surface area (Å²) >= 11 is 0. The van der Waals surface area contributed by atoms with Gasteiger partial charge in [-0.1, -0.05) is 13.8 Å². The Morgan fingerprint density at radius 3 is 2.38 bits per heavy atom. The van der Waals surface area contributed by atoms with Gasteiger partial charge in [-0.2, -0.15) is 0 Å². The second kappa shape index (κ2) is 13.1. The maximum absolute atomic E-state index is 4.84. The summed E-state index contributed by atoms with van der Waals surface area (Å²) in [6, 6.07) is 1.85. The van der Waals surface area contributed by atoms with E-state index in [-0.39, 0.29) is 24.0 Å². The van der Waals surface area contributed by atoms with E-state index in [1.54, 1.807) is 12.4 Å². The van der Waals surface area contributed by atoms with E-state index in [0.717, 1.165) is 70.8 Å². The molecule has 8 heteroatoms. The molecule has 1 N–H and O–H groups in total. The first-order chi connectivity index (χ1) is 12.3. The molecule has 2 rings (SSSR count). The van der Waals surface area contributed by atoms with Crippen molar-refractivity contribution in [3.63, 3.8) is 0 Å². The normalized spacial score (nSPS) is 15.2. The second-order valence-corrected chi connectivity index (χ2v) is 6.19. The van der Waals surface area contributed by atoms with Crippen molar-refractivity contribution in [3.8, 4) is 0 Å². The number of nitrogens with zero attached hydrogens (tertiary/aromatic N) is 6. The van der Waals surface area contributed by atoms with Gasteiger partial charge >= 0.3 is 0 Å². The molecule has 1 aliphatic rings. The summed E-state index contributed by atoms with van der Waals surface area (Å²) in [6.45, 7) is 15.3. The number of rotatable bonds is 8. The SMILES string of the molecule is CCCN(CC)CCN=C(NCC)N1CCN(c2ncccn2)CC1.I. The fraction of sp³-hybridized carbons (Fsp3) is 0.722. The van der Waals surface area contributed by atoms with Gasteiger partial charge in [-0.25, -0.2) is 9.97 Å².